The van der Waals surface area contributed by atoms with E-state index >= 15 is 0 Å². The second-order valence-corrected chi connectivity index (χ2v) is 5.79. The molecule has 0 bridgehead atoms. The van der Waals surface area contributed by atoms with Crippen LogP contribution in [-0.4, -0.2) is 16.2 Å². The number of aromatic nitrogens is 2. The van der Waals surface area contributed by atoms with E-state index in [2.05, 4.69) is 43.2 Å². The van der Waals surface area contributed by atoms with Gasteiger partial charge in [0, 0.05) is 6.04 Å². The van der Waals surface area contributed by atoms with Crippen LogP contribution in [0.1, 0.15) is 50.2 Å². The van der Waals surface area contributed by atoms with Crippen molar-refractivity contribution < 1.29 is 0 Å². The van der Waals surface area contributed by atoms with Crippen LogP contribution in [0.25, 0.3) is 0 Å². The van der Waals surface area contributed by atoms with Crippen LogP contribution in [0.4, 0.5) is 0 Å². The van der Waals surface area contributed by atoms with Gasteiger partial charge in [0.25, 0.3) is 0 Å². The van der Waals surface area contributed by atoms with Crippen molar-refractivity contribution in [2.75, 3.05) is 0 Å². The first-order valence-electron chi connectivity index (χ1n) is 5.55. The third-order valence-electron chi connectivity index (χ3n) is 2.27. The molecular weight excluding hydrogens is 206 g/mol. The molecule has 1 heterocycles. The molecule has 1 N–H and O–H groups in total. The van der Waals surface area contributed by atoms with E-state index in [1.807, 2.05) is 6.92 Å². The molecule has 1 aromatic rings. The molecule has 4 heteroatoms. The SMILES string of the molecule is Cc1nnc(C(C)NC(C)CC(C)C)s1. The standard InChI is InChI=1S/C11H21N3S/c1-7(2)6-8(3)12-9(4)11-14-13-10(5)15-11/h7-9,12H,6H2,1-5H3. The van der Waals surface area contributed by atoms with Crippen LogP contribution in [0.5, 0.6) is 0 Å². The lowest BCUT2D eigenvalue weighted by molar-refractivity contribution is 0.405. The number of rotatable bonds is 5. The fourth-order valence-corrected chi connectivity index (χ4v) is 2.47. The van der Waals surface area contributed by atoms with Gasteiger partial charge in [0.1, 0.15) is 10.0 Å². The fraction of sp³-hybridized carbons (Fsp3) is 0.818. The first-order chi connectivity index (χ1) is 6.99. The van der Waals surface area contributed by atoms with Crippen molar-refractivity contribution in [1.82, 2.24) is 15.5 Å². The van der Waals surface area contributed by atoms with Crippen LogP contribution in [0.2, 0.25) is 0 Å². The second kappa shape index (κ2) is 5.56. The Morgan fingerprint density at radius 2 is 1.87 bits per heavy atom. The van der Waals surface area contributed by atoms with Crippen LogP contribution >= 0.6 is 11.3 Å². The molecule has 3 nitrogen and oxygen atoms in total. The zero-order valence-corrected chi connectivity index (χ0v) is 11.1. The molecule has 2 unspecified atom stereocenters. The molecule has 0 aliphatic carbocycles. The quantitative estimate of drug-likeness (QED) is 0.840. The van der Waals surface area contributed by atoms with Gasteiger partial charge < -0.3 is 5.32 Å². The predicted molar refractivity (Wildman–Crippen MR) is 65.1 cm³/mol. The Bertz CT molecular complexity index is 296. The Morgan fingerprint density at radius 1 is 1.20 bits per heavy atom. The van der Waals surface area contributed by atoms with Crippen molar-refractivity contribution in [3.8, 4) is 0 Å². The van der Waals surface area contributed by atoms with E-state index < -0.39 is 0 Å². The molecule has 15 heavy (non-hydrogen) atoms. The molecule has 1 rings (SSSR count). The van der Waals surface area contributed by atoms with Crippen LogP contribution in [0.3, 0.4) is 0 Å². The summed E-state index contributed by atoms with van der Waals surface area (Å²) in [4.78, 5) is 0. The Kier molecular flexibility index (Phi) is 4.67. The summed E-state index contributed by atoms with van der Waals surface area (Å²) in [5.41, 5.74) is 0. The lowest BCUT2D eigenvalue weighted by atomic mass is 10.0. The second-order valence-electron chi connectivity index (χ2n) is 4.58. The maximum Gasteiger partial charge on any atom is 0.134 e. The smallest absolute Gasteiger partial charge is 0.134 e. The molecule has 86 valence electrons. The number of hydrogen-bond acceptors (Lipinski definition) is 4. The molecule has 0 fully saturated rings. The highest BCUT2D eigenvalue weighted by Gasteiger charge is 2.13. The van der Waals surface area contributed by atoms with Crippen molar-refractivity contribution in [1.29, 1.82) is 0 Å². The molecule has 0 aromatic carbocycles. The normalized spacial score (nSPS) is 15.6. The third-order valence-corrected chi connectivity index (χ3v) is 3.29. The van der Waals surface area contributed by atoms with E-state index in [1.165, 1.54) is 6.42 Å². The van der Waals surface area contributed by atoms with Gasteiger partial charge in [-0.05, 0) is 33.1 Å². The van der Waals surface area contributed by atoms with E-state index in [1.54, 1.807) is 11.3 Å². The van der Waals surface area contributed by atoms with E-state index in [-0.39, 0.29) is 0 Å². The summed E-state index contributed by atoms with van der Waals surface area (Å²) in [6.07, 6.45) is 1.20. The lowest BCUT2D eigenvalue weighted by Crippen LogP contribution is -2.30. The molecule has 2 atom stereocenters. The molecule has 0 radical (unpaired) electrons. The summed E-state index contributed by atoms with van der Waals surface area (Å²) < 4.78 is 0. The monoisotopic (exact) mass is 227 g/mol. The topological polar surface area (TPSA) is 37.8 Å². The Morgan fingerprint density at radius 3 is 2.33 bits per heavy atom. The first kappa shape index (κ1) is 12.6. The molecule has 0 amide bonds. The molecule has 0 aliphatic rings. The van der Waals surface area contributed by atoms with E-state index in [4.69, 9.17) is 0 Å². The van der Waals surface area contributed by atoms with Crippen molar-refractivity contribution in [2.24, 2.45) is 5.92 Å². The van der Waals surface area contributed by atoms with Gasteiger partial charge in [-0.15, -0.1) is 21.5 Å². The minimum atomic E-state index is 0.310. The van der Waals surface area contributed by atoms with E-state index in [9.17, 15) is 0 Å². The summed E-state index contributed by atoms with van der Waals surface area (Å²) in [7, 11) is 0. The van der Waals surface area contributed by atoms with Gasteiger partial charge in [0.15, 0.2) is 0 Å². The maximum absolute atomic E-state index is 4.15. The minimum absolute atomic E-state index is 0.310. The zero-order chi connectivity index (χ0) is 11.4. The number of aryl methyl sites for hydroxylation is 1. The maximum atomic E-state index is 4.15. The van der Waals surface area contributed by atoms with Gasteiger partial charge in [-0.1, -0.05) is 13.8 Å². The first-order valence-corrected chi connectivity index (χ1v) is 6.36. The van der Waals surface area contributed by atoms with Gasteiger partial charge in [-0.2, -0.15) is 0 Å². The lowest BCUT2D eigenvalue weighted by Gasteiger charge is -2.19. The van der Waals surface area contributed by atoms with Gasteiger partial charge in [-0.25, -0.2) is 0 Å². The molecule has 0 saturated heterocycles. The summed E-state index contributed by atoms with van der Waals surface area (Å²) >= 11 is 1.67. The fourth-order valence-electron chi connectivity index (χ4n) is 1.76. The van der Waals surface area contributed by atoms with Crippen LogP contribution in [-0.2, 0) is 0 Å². The molecular formula is C11H21N3S. The summed E-state index contributed by atoms with van der Waals surface area (Å²) in [5.74, 6) is 0.732. The molecule has 0 aliphatic heterocycles. The molecule has 1 aromatic heterocycles. The minimum Gasteiger partial charge on any atom is -0.306 e. The van der Waals surface area contributed by atoms with Gasteiger partial charge in [0.2, 0.25) is 0 Å². The zero-order valence-electron chi connectivity index (χ0n) is 10.2. The highest BCUT2D eigenvalue weighted by atomic mass is 32.1. The Balaban J connectivity index is 2.45. The predicted octanol–water partition coefficient (Wildman–Crippen LogP) is 2.93. The summed E-state index contributed by atoms with van der Waals surface area (Å²) in [6.45, 7) is 10.9. The van der Waals surface area contributed by atoms with E-state index in [0.717, 1.165) is 15.9 Å². The van der Waals surface area contributed by atoms with Gasteiger partial charge in [-0.3, -0.25) is 0 Å². The third kappa shape index (κ3) is 4.26. The van der Waals surface area contributed by atoms with Crippen LogP contribution < -0.4 is 5.32 Å². The van der Waals surface area contributed by atoms with Crippen molar-refractivity contribution in [3.05, 3.63) is 10.0 Å². The highest BCUT2D eigenvalue weighted by Crippen LogP contribution is 2.18. The summed E-state index contributed by atoms with van der Waals surface area (Å²) in [5, 5.41) is 13.9. The number of hydrogen-bond donors (Lipinski definition) is 1. The average Bonchev–Trinajstić information content (AvgIpc) is 2.49. The van der Waals surface area contributed by atoms with Crippen LogP contribution in [0, 0.1) is 12.8 Å². The van der Waals surface area contributed by atoms with Crippen molar-refractivity contribution in [2.45, 2.75) is 53.1 Å². The van der Waals surface area contributed by atoms with Gasteiger partial charge >= 0.3 is 0 Å². The van der Waals surface area contributed by atoms with Crippen LogP contribution in [0.15, 0.2) is 0 Å². The molecule has 0 saturated carbocycles. The Labute approximate surface area is 96.3 Å². The van der Waals surface area contributed by atoms with Gasteiger partial charge in [0.05, 0.1) is 6.04 Å². The largest absolute Gasteiger partial charge is 0.306 e. The van der Waals surface area contributed by atoms with Crippen molar-refractivity contribution in [3.63, 3.8) is 0 Å². The highest BCUT2D eigenvalue weighted by molar-refractivity contribution is 7.11. The molecule has 0 spiro atoms. The summed E-state index contributed by atoms with van der Waals surface area (Å²) in [6, 6.07) is 0.842. The Hall–Kier alpha value is -0.480. The number of nitrogens with zero attached hydrogens (tertiary/aromatic N) is 2. The van der Waals surface area contributed by atoms with E-state index in [0.29, 0.717) is 12.1 Å². The van der Waals surface area contributed by atoms with Crippen molar-refractivity contribution >= 4 is 11.3 Å². The number of nitrogens with one attached hydrogen (secondary N) is 1. The average molecular weight is 227 g/mol.